The van der Waals surface area contributed by atoms with Gasteiger partial charge in [0.1, 0.15) is 11.6 Å². The first-order valence-electron chi connectivity index (χ1n) is 12.7. The summed E-state index contributed by atoms with van der Waals surface area (Å²) in [6, 6.07) is 23.8. The molecule has 0 radical (unpaired) electrons. The highest BCUT2D eigenvalue weighted by atomic mass is 19.1. The van der Waals surface area contributed by atoms with Crippen LogP contribution in [0.1, 0.15) is 61.6 Å². The highest BCUT2D eigenvalue weighted by molar-refractivity contribution is 5.63. The molecule has 35 heavy (non-hydrogen) atoms. The molecule has 0 fully saturated rings. The van der Waals surface area contributed by atoms with Gasteiger partial charge in [-0.15, -0.1) is 0 Å². The highest BCUT2D eigenvalue weighted by Gasteiger charge is 2.00. The Balaban J connectivity index is 1.23. The number of aryl methyl sites for hydroxylation is 2. The SMILES string of the molecule is C=C/C(F)=C\C=C\c1ccc(CCCCCCCCCc2ccc(-c3ccc(F)cc3)cc2)cc1. The number of halogens is 2. The van der Waals surface area contributed by atoms with Gasteiger partial charge in [0.15, 0.2) is 0 Å². The third-order valence-corrected chi connectivity index (χ3v) is 6.28. The molecule has 3 rings (SSSR count). The monoisotopic (exact) mass is 470 g/mol. The van der Waals surface area contributed by atoms with Crippen LogP contribution in [0.2, 0.25) is 0 Å². The zero-order valence-corrected chi connectivity index (χ0v) is 20.6. The maximum atomic E-state index is 13.1. The molecule has 0 bridgehead atoms. The second kappa shape index (κ2) is 14.9. The first kappa shape index (κ1) is 26.3. The molecule has 2 heteroatoms. The van der Waals surface area contributed by atoms with Gasteiger partial charge in [-0.25, -0.2) is 8.78 Å². The Bertz CT molecular complexity index is 1070. The van der Waals surface area contributed by atoms with Crippen molar-refractivity contribution >= 4 is 6.08 Å². The van der Waals surface area contributed by atoms with Crippen molar-refractivity contribution in [2.45, 2.75) is 57.8 Å². The molecular weight excluding hydrogens is 434 g/mol. The molecule has 3 aromatic carbocycles. The second-order valence-electron chi connectivity index (χ2n) is 9.04. The predicted octanol–water partition coefficient (Wildman–Crippen LogP) is 10.1. The molecule has 0 saturated heterocycles. The minimum Gasteiger partial charge on any atom is -0.207 e. The Morgan fingerprint density at radius 3 is 1.60 bits per heavy atom. The fraction of sp³-hybridized carbons (Fsp3) is 0.273. The second-order valence-corrected chi connectivity index (χ2v) is 9.04. The van der Waals surface area contributed by atoms with Crippen molar-refractivity contribution < 1.29 is 8.78 Å². The minimum atomic E-state index is -0.327. The molecule has 0 heterocycles. The summed E-state index contributed by atoms with van der Waals surface area (Å²) in [4.78, 5) is 0. The van der Waals surface area contributed by atoms with Crippen molar-refractivity contribution in [3.63, 3.8) is 0 Å². The molecule has 0 aliphatic carbocycles. The largest absolute Gasteiger partial charge is 0.207 e. The minimum absolute atomic E-state index is 0.197. The third-order valence-electron chi connectivity index (χ3n) is 6.28. The maximum absolute atomic E-state index is 13.1. The Hall–Kier alpha value is -3.26. The molecule has 0 N–H and O–H groups in total. The lowest BCUT2D eigenvalue weighted by Crippen LogP contribution is -1.88. The van der Waals surface area contributed by atoms with Crippen molar-refractivity contribution in [2.75, 3.05) is 0 Å². The molecule has 0 spiro atoms. The average molecular weight is 471 g/mol. The predicted molar refractivity (Wildman–Crippen MR) is 146 cm³/mol. The molecule has 0 amide bonds. The van der Waals surface area contributed by atoms with E-state index in [-0.39, 0.29) is 11.6 Å². The summed E-state index contributed by atoms with van der Waals surface area (Å²) in [6.45, 7) is 3.40. The Labute approximate surface area is 209 Å². The smallest absolute Gasteiger partial charge is 0.123 e. The molecule has 0 atom stereocenters. The molecule has 0 aromatic heterocycles. The maximum Gasteiger partial charge on any atom is 0.123 e. The van der Waals surface area contributed by atoms with Gasteiger partial charge in [-0.05, 0) is 77.8 Å². The molecule has 0 aliphatic heterocycles. The lowest BCUT2D eigenvalue weighted by molar-refractivity contribution is 0.579. The molecule has 0 saturated carbocycles. The number of hydrogen-bond acceptors (Lipinski definition) is 0. The van der Waals surface area contributed by atoms with E-state index in [0.717, 1.165) is 29.5 Å². The Kier molecular flexibility index (Phi) is 11.2. The van der Waals surface area contributed by atoms with Crippen molar-refractivity contribution in [3.8, 4) is 11.1 Å². The fourth-order valence-corrected chi connectivity index (χ4v) is 4.16. The van der Waals surface area contributed by atoms with E-state index < -0.39 is 0 Å². The van der Waals surface area contributed by atoms with Gasteiger partial charge in [-0.3, -0.25) is 0 Å². The van der Waals surface area contributed by atoms with E-state index in [4.69, 9.17) is 0 Å². The lowest BCUT2D eigenvalue weighted by Gasteiger charge is -2.06. The summed E-state index contributed by atoms with van der Waals surface area (Å²) >= 11 is 0. The molecule has 3 aromatic rings. The summed E-state index contributed by atoms with van der Waals surface area (Å²) in [5.41, 5.74) is 6.00. The zero-order valence-electron chi connectivity index (χ0n) is 20.6. The van der Waals surface area contributed by atoms with E-state index in [1.165, 1.54) is 80.4 Å². The molecular formula is C33H36F2. The van der Waals surface area contributed by atoms with E-state index in [1.54, 1.807) is 6.08 Å². The van der Waals surface area contributed by atoms with Crippen molar-refractivity contribution in [1.29, 1.82) is 0 Å². The Morgan fingerprint density at radius 1 is 0.629 bits per heavy atom. The van der Waals surface area contributed by atoms with Crippen LogP contribution in [0.15, 0.2) is 103 Å². The van der Waals surface area contributed by atoms with Gasteiger partial charge in [-0.1, -0.05) is 111 Å². The molecule has 0 aliphatic rings. The zero-order chi connectivity index (χ0) is 24.7. The van der Waals surface area contributed by atoms with E-state index in [0.29, 0.717) is 0 Å². The number of unbranched alkanes of at least 4 members (excludes halogenated alkanes) is 6. The van der Waals surface area contributed by atoms with Gasteiger partial charge in [0.05, 0.1) is 0 Å². The van der Waals surface area contributed by atoms with Gasteiger partial charge in [-0.2, -0.15) is 0 Å². The van der Waals surface area contributed by atoms with Crippen LogP contribution in [0.4, 0.5) is 8.78 Å². The summed E-state index contributed by atoms with van der Waals surface area (Å²) in [5.74, 6) is -0.523. The summed E-state index contributed by atoms with van der Waals surface area (Å²) in [5, 5.41) is 0. The standard InChI is InChI=1S/C33H36F2/c1-2-32(34)14-10-13-29-17-15-27(16-18-29)11-8-6-4-3-5-7-9-12-28-19-21-30(22-20-28)31-23-25-33(35)26-24-31/h2,10,13-26H,1,3-9,11-12H2/b13-10+,32-14+. The van der Waals surface area contributed by atoms with Crippen LogP contribution < -0.4 is 0 Å². The van der Waals surface area contributed by atoms with E-state index in [1.807, 2.05) is 18.2 Å². The van der Waals surface area contributed by atoms with Crippen molar-refractivity contribution in [1.82, 2.24) is 0 Å². The van der Waals surface area contributed by atoms with Crippen LogP contribution in [-0.4, -0.2) is 0 Å². The van der Waals surface area contributed by atoms with Crippen molar-refractivity contribution in [2.24, 2.45) is 0 Å². The number of allylic oxidation sites excluding steroid dienone is 4. The summed E-state index contributed by atoms with van der Waals surface area (Å²) in [6.07, 6.45) is 17.4. The molecule has 0 unspecified atom stereocenters. The summed E-state index contributed by atoms with van der Waals surface area (Å²) in [7, 11) is 0. The van der Waals surface area contributed by atoms with E-state index in [9.17, 15) is 8.78 Å². The van der Waals surface area contributed by atoms with Gasteiger partial charge in [0, 0.05) is 0 Å². The topological polar surface area (TPSA) is 0 Å². The molecule has 0 nitrogen and oxygen atoms in total. The fourth-order valence-electron chi connectivity index (χ4n) is 4.16. The first-order chi connectivity index (χ1) is 17.1. The number of benzene rings is 3. The summed E-state index contributed by atoms with van der Waals surface area (Å²) < 4.78 is 26.1. The third kappa shape index (κ3) is 9.86. The van der Waals surface area contributed by atoms with Crippen LogP contribution >= 0.6 is 0 Å². The Morgan fingerprint density at radius 2 is 1.09 bits per heavy atom. The van der Waals surface area contributed by atoms with Gasteiger partial charge < -0.3 is 0 Å². The molecule has 182 valence electrons. The quantitative estimate of drug-likeness (QED) is 0.162. The number of hydrogen-bond donors (Lipinski definition) is 0. The average Bonchev–Trinajstić information content (AvgIpc) is 2.89. The van der Waals surface area contributed by atoms with Crippen LogP contribution in [0.3, 0.4) is 0 Å². The number of rotatable bonds is 14. The van der Waals surface area contributed by atoms with Gasteiger partial charge >= 0.3 is 0 Å². The van der Waals surface area contributed by atoms with E-state index in [2.05, 4.69) is 55.1 Å². The lowest BCUT2D eigenvalue weighted by atomic mass is 10.0. The van der Waals surface area contributed by atoms with Crippen LogP contribution in [0.25, 0.3) is 17.2 Å². The van der Waals surface area contributed by atoms with Crippen LogP contribution in [-0.2, 0) is 12.8 Å². The van der Waals surface area contributed by atoms with Gasteiger partial charge in [0.2, 0.25) is 0 Å². The van der Waals surface area contributed by atoms with E-state index >= 15 is 0 Å². The highest BCUT2D eigenvalue weighted by Crippen LogP contribution is 2.21. The van der Waals surface area contributed by atoms with Crippen LogP contribution in [0.5, 0.6) is 0 Å². The van der Waals surface area contributed by atoms with Crippen LogP contribution in [0, 0.1) is 5.82 Å². The van der Waals surface area contributed by atoms with Gasteiger partial charge in [0.25, 0.3) is 0 Å². The van der Waals surface area contributed by atoms with Crippen molar-refractivity contribution in [3.05, 3.63) is 126 Å². The first-order valence-corrected chi connectivity index (χ1v) is 12.7. The normalized spacial score (nSPS) is 11.8.